The van der Waals surface area contributed by atoms with Gasteiger partial charge in [-0.25, -0.2) is 0 Å². The average molecular weight is 182 g/mol. The first kappa shape index (κ1) is 10.0. The second kappa shape index (κ2) is 9.05. The first-order valence-electron chi connectivity index (χ1n) is 3.32. The van der Waals surface area contributed by atoms with Gasteiger partial charge in [0.05, 0.1) is 0 Å². The summed E-state index contributed by atoms with van der Waals surface area (Å²) in [4.78, 5) is 0. The summed E-state index contributed by atoms with van der Waals surface area (Å²) >= 11 is 0. The Bertz CT molecular complexity index is 41.6. The van der Waals surface area contributed by atoms with Crippen molar-refractivity contribution in [2.45, 2.75) is 26.7 Å². The van der Waals surface area contributed by atoms with Crippen LogP contribution in [0.15, 0.2) is 0 Å². The highest BCUT2D eigenvalue weighted by atomic mass is 33.5. The number of hydrogen-bond donors (Lipinski definition) is 0. The van der Waals surface area contributed by atoms with Gasteiger partial charge in [0.15, 0.2) is 0 Å². The molecule has 0 aliphatic rings. The molecule has 0 rings (SSSR count). The van der Waals surface area contributed by atoms with Gasteiger partial charge < -0.3 is 0 Å². The summed E-state index contributed by atoms with van der Waals surface area (Å²) in [7, 11) is 5.85. The predicted octanol–water partition coefficient (Wildman–Crippen LogP) is 3.84. The lowest BCUT2D eigenvalue weighted by Crippen LogP contribution is -1.70. The zero-order chi connectivity index (χ0) is 6.95. The Kier molecular flexibility index (Phi) is 10.1. The van der Waals surface area contributed by atoms with Gasteiger partial charge in [-0.1, -0.05) is 41.9 Å². The van der Waals surface area contributed by atoms with E-state index < -0.39 is 0 Å². The minimum absolute atomic E-state index is 1.23. The molecule has 0 bridgehead atoms. The lowest BCUT2D eigenvalue weighted by atomic mass is 10.4. The van der Waals surface area contributed by atoms with E-state index in [4.69, 9.17) is 0 Å². The van der Waals surface area contributed by atoms with E-state index in [0.29, 0.717) is 0 Å². The molecule has 0 aromatic heterocycles. The highest BCUT2D eigenvalue weighted by Gasteiger charge is 1.86. The molecule has 0 amide bonds. The van der Waals surface area contributed by atoms with E-state index in [1.165, 1.54) is 24.3 Å². The van der Waals surface area contributed by atoms with Crippen LogP contribution in [-0.4, -0.2) is 11.5 Å². The molecule has 0 aliphatic carbocycles. The van der Waals surface area contributed by atoms with Gasteiger partial charge in [0.2, 0.25) is 0 Å². The quantitative estimate of drug-likeness (QED) is 0.452. The molecule has 0 unspecified atom stereocenters. The van der Waals surface area contributed by atoms with E-state index in [-0.39, 0.29) is 0 Å². The first-order valence-corrected chi connectivity index (χ1v) is 7.15. The highest BCUT2D eigenvalue weighted by molar-refractivity contribution is 9.09. The predicted molar refractivity (Wildman–Crippen MR) is 53.1 cm³/mol. The summed E-state index contributed by atoms with van der Waals surface area (Å²) in [5.41, 5.74) is 0. The van der Waals surface area contributed by atoms with Crippen molar-refractivity contribution in [2.24, 2.45) is 0 Å². The van der Waals surface area contributed by atoms with Crippen LogP contribution in [0.2, 0.25) is 0 Å². The minimum atomic E-state index is 1.23. The molecule has 0 spiro atoms. The second-order valence-electron chi connectivity index (χ2n) is 1.65. The monoisotopic (exact) mass is 182 g/mol. The van der Waals surface area contributed by atoms with Crippen molar-refractivity contribution >= 4 is 31.4 Å². The normalized spacial score (nSPS) is 10.0. The fraction of sp³-hybridized carbons (Fsp3) is 1.00. The second-order valence-corrected chi connectivity index (χ2v) is 6.29. The first-order chi connectivity index (χ1) is 4.41. The lowest BCUT2D eigenvalue weighted by molar-refractivity contribution is 0.898. The molecule has 0 aromatic carbocycles. The van der Waals surface area contributed by atoms with Gasteiger partial charge in [0, 0.05) is 11.5 Å². The molecule has 0 aromatic rings. The molecule has 0 radical (unpaired) electrons. The van der Waals surface area contributed by atoms with Crippen LogP contribution < -0.4 is 0 Å². The Labute approximate surface area is 69.7 Å². The third-order valence-electron chi connectivity index (χ3n) is 0.795. The Balaban J connectivity index is 2.60. The van der Waals surface area contributed by atoms with Crippen LogP contribution in [-0.2, 0) is 0 Å². The number of hydrogen-bond acceptors (Lipinski definition) is 3. The maximum absolute atomic E-state index is 2.23. The molecule has 0 heterocycles. The maximum Gasteiger partial charge on any atom is 0.00450 e. The van der Waals surface area contributed by atoms with E-state index in [9.17, 15) is 0 Å². The largest absolute Gasteiger partial charge is 0.0829 e. The van der Waals surface area contributed by atoms with E-state index in [1.54, 1.807) is 0 Å². The van der Waals surface area contributed by atoms with Crippen molar-refractivity contribution in [1.82, 2.24) is 0 Å². The molecular weight excluding hydrogens is 168 g/mol. The molecule has 0 saturated carbocycles. The third-order valence-corrected chi connectivity index (χ3v) is 5.20. The van der Waals surface area contributed by atoms with Gasteiger partial charge in [-0.15, -0.1) is 0 Å². The van der Waals surface area contributed by atoms with Crippen LogP contribution in [0.4, 0.5) is 0 Å². The average Bonchev–Trinajstić information content (AvgIpc) is 1.89. The molecule has 0 fully saturated rings. The molecule has 0 N–H and O–H groups in total. The standard InChI is InChI=1S/C6H14S3/c1-3-5-6-8-9-7-4-2/h3-6H2,1-2H3. The summed E-state index contributed by atoms with van der Waals surface area (Å²) in [5, 5.41) is 0. The smallest absolute Gasteiger partial charge is 0.00450 e. The highest BCUT2D eigenvalue weighted by Crippen LogP contribution is 2.34. The minimum Gasteiger partial charge on any atom is -0.0829 e. The van der Waals surface area contributed by atoms with Crippen molar-refractivity contribution in [3.05, 3.63) is 0 Å². The third kappa shape index (κ3) is 9.05. The zero-order valence-corrected chi connectivity index (χ0v) is 8.50. The van der Waals surface area contributed by atoms with Crippen LogP contribution in [0.5, 0.6) is 0 Å². The van der Waals surface area contributed by atoms with E-state index >= 15 is 0 Å². The van der Waals surface area contributed by atoms with Crippen LogP contribution in [0.25, 0.3) is 0 Å². The van der Waals surface area contributed by atoms with Gasteiger partial charge >= 0.3 is 0 Å². The number of rotatable bonds is 6. The maximum atomic E-state index is 2.23. The SMILES string of the molecule is CCCCSSSCC. The van der Waals surface area contributed by atoms with E-state index in [2.05, 4.69) is 13.8 Å². The summed E-state index contributed by atoms with van der Waals surface area (Å²) < 4.78 is 0. The van der Waals surface area contributed by atoms with Gasteiger partial charge in [-0.2, -0.15) is 0 Å². The van der Waals surface area contributed by atoms with Crippen LogP contribution >= 0.6 is 31.4 Å². The van der Waals surface area contributed by atoms with Crippen molar-refractivity contribution in [3.63, 3.8) is 0 Å². The summed E-state index contributed by atoms with van der Waals surface area (Å²) in [6.45, 7) is 4.43. The molecular formula is C6H14S3. The van der Waals surface area contributed by atoms with Crippen molar-refractivity contribution in [1.29, 1.82) is 0 Å². The number of unbranched alkanes of at least 4 members (excludes halogenated alkanes) is 1. The molecule has 0 nitrogen and oxygen atoms in total. The van der Waals surface area contributed by atoms with Crippen LogP contribution in [0.3, 0.4) is 0 Å². The van der Waals surface area contributed by atoms with Gasteiger partial charge in [0.1, 0.15) is 0 Å². The van der Waals surface area contributed by atoms with Crippen molar-refractivity contribution in [2.75, 3.05) is 11.5 Å². The summed E-state index contributed by atoms with van der Waals surface area (Å²) in [6, 6.07) is 0. The molecule has 3 heteroatoms. The van der Waals surface area contributed by atoms with Crippen LogP contribution in [0, 0.1) is 0 Å². The fourth-order valence-corrected chi connectivity index (χ4v) is 4.10. The lowest BCUT2D eigenvalue weighted by Gasteiger charge is -1.94. The van der Waals surface area contributed by atoms with E-state index in [1.807, 2.05) is 31.4 Å². The van der Waals surface area contributed by atoms with E-state index in [0.717, 1.165) is 0 Å². The fourth-order valence-electron chi connectivity index (χ4n) is 0.319. The molecule has 9 heavy (non-hydrogen) atoms. The summed E-state index contributed by atoms with van der Waals surface area (Å²) in [5.74, 6) is 2.54. The van der Waals surface area contributed by atoms with Gasteiger partial charge in [-0.05, 0) is 16.2 Å². The zero-order valence-electron chi connectivity index (χ0n) is 6.05. The Morgan fingerprint density at radius 3 is 2.44 bits per heavy atom. The van der Waals surface area contributed by atoms with Crippen molar-refractivity contribution in [3.8, 4) is 0 Å². The molecule has 0 atom stereocenters. The van der Waals surface area contributed by atoms with Crippen molar-refractivity contribution < 1.29 is 0 Å². The summed E-state index contributed by atoms with van der Waals surface area (Å²) in [6.07, 6.45) is 2.69. The van der Waals surface area contributed by atoms with Gasteiger partial charge in [-0.3, -0.25) is 0 Å². The van der Waals surface area contributed by atoms with Gasteiger partial charge in [0.25, 0.3) is 0 Å². The Hall–Kier alpha value is 1.05. The molecule has 0 aliphatic heterocycles. The Morgan fingerprint density at radius 2 is 1.89 bits per heavy atom. The Morgan fingerprint density at radius 1 is 1.11 bits per heavy atom. The molecule has 56 valence electrons. The van der Waals surface area contributed by atoms with Crippen LogP contribution in [0.1, 0.15) is 26.7 Å². The molecule has 0 saturated heterocycles. The topological polar surface area (TPSA) is 0 Å².